The molecule has 0 N–H and O–H groups in total. The van der Waals surface area contributed by atoms with Crippen LogP contribution in [0.4, 0.5) is 0 Å². The van der Waals surface area contributed by atoms with E-state index in [-0.39, 0.29) is 0 Å². The van der Waals surface area contributed by atoms with Gasteiger partial charge in [-0.1, -0.05) is 0 Å². The summed E-state index contributed by atoms with van der Waals surface area (Å²) < 4.78 is 6.17. The lowest BCUT2D eigenvalue weighted by molar-refractivity contribution is 0.168. The van der Waals surface area contributed by atoms with Crippen molar-refractivity contribution in [2.24, 2.45) is 5.41 Å². The zero-order valence-corrected chi connectivity index (χ0v) is 21.2. The Bertz CT molecular complexity index is 323. The molecule has 0 atom stereocenters. The van der Waals surface area contributed by atoms with Gasteiger partial charge >= 0.3 is 0 Å². The van der Waals surface area contributed by atoms with Crippen molar-refractivity contribution in [3.05, 3.63) is 0 Å². The predicted molar refractivity (Wildman–Crippen MR) is 124 cm³/mol. The Kier molecular flexibility index (Phi) is 14.1. The fraction of sp³-hybridized carbons (Fsp3) is 1.00. The van der Waals surface area contributed by atoms with Gasteiger partial charge in [-0.25, -0.2) is 0 Å². The molecule has 0 aromatic carbocycles. The van der Waals surface area contributed by atoms with Crippen molar-refractivity contribution in [2.45, 2.75) is 71.0 Å². The van der Waals surface area contributed by atoms with Crippen LogP contribution in [0.5, 0.6) is 0 Å². The largest absolute Gasteiger partial charge is 0.418 e. The monoisotopic (exact) mass is 401 g/mol. The summed E-state index contributed by atoms with van der Waals surface area (Å²) in [6, 6.07) is 1.30. The van der Waals surface area contributed by atoms with Crippen LogP contribution < -0.4 is 0 Å². The lowest BCUT2D eigenvalue weighted by atomic mass is 9.73. The minimum Gasteiger partial charge on any atom is -0.418 e. The molecule has 0 aromatic heterocycles. The van der Waals surface area contributed by atoms with Crippen molar-refractivity contribution < 1.29 is 4.43 Å². The minimum atomic E-state index is -1.53. The maximum atomic E-state index is 6.17. The molecule has 27 heavy (non-hydrogen) atoms. The van der Waals surface area contributed by atoms with Gasteiger partial charge in [-0.15, -0.1) is 0 Å². The molecule has 164 valence electrons. The molecule has 0 spiro atoms. The van der Waals surface area contributed by atoms with E-state index in [1.807, 2.05) is 0 Å². The van der Waals surface area contributed by atoms with Crippen LogP contribution in [-0.2, 0) is 4.43 Å². The molecule has 0 aliphatic carbocycles. The van der Waals surface area contributed by atoms with Crippen LogP contribution in [0.1, 0.15) is 51.9 Å². The highest BCUT2D eigenvalue weighted by Crippen LogP contribution is 2.41. The van der Waals surface area contributed by atoms with Gasteiger partial charge in [0, 0.05) is 6.61 Å². The summed E-state index contributed by atoms with van der Waals surface area (Å²) in [7, 11) is 11.7. The van der Waals surface area contributed by atoms with Gasteiger partial charge in [0.1, 0.15) is 0 Å². The van der Waals surface area contributed by atoms with Gasteiger partial charge < -0.3 is 19.1 Å². The lowest BCUT2D eigenvalue weighted by Gasteiger charge is -2.38. The topological polar surface area (TPSA) is 19.0 Å². The molecule has 0 saturated heterocycles. The maximum absolute atomic E-state index is 6.17. The quantitative estimate of drug-likeness (QED) is 0.331. The molecule has 4 nitrogen and oxygen atoms in total. The van der Waals surface area contributed by atoms with E-state index in [1.54, 1.807) is 0 Å². The van der Waals surface area contributed by atoms with E-state index >= 15 is 0 Å². The Hall–Kier alpha value is 0.0569. The highest BCUT2D eigenvalue weighted by Gasteiger charge is 2.33. The van der Waals surface area contributed by atoms with Crippen molar-refractivity contribution >= 4 is 8.32 Å². The van der Waals surface area contributed by atoms with E-state index < -0.39 is 8.32 Å². The summed E-state index contributed by atoms with van der Waals surface area (Å²) in [6.07, 6.45) is 9.38. The van der Waals surface area contributed by atoms with Gasteiger partial charge in [0.25, 0.3) is 0 Å². The summed E-state index contributed by atoms with van der Waals surface area (Å²) in [5.74, 6) is 0. The number of rotatable bonds is 17. The van der Waals surface area contributed by atoms with Crippen molar-refractivity contribution in [1.82, 2.24) is 14.7 Å². The van der Waals surface area contributed by atoms with Crippen molar-refractivity contribution in [1.29, 1.82) is 0 Å². The van der Waals surface area contributed by atoms with Crippen LogP contribution in [0, 0.1) is 5.41 Å². The fourth-order valence-electron chi connectivity index (χ4n) is 4.09. The first-order chi connectivity index (χ1) is 12.5. The zero-order chi connectivity index (χ0) is 20.9. The van der Waals surface area contributed by atoms with Crippen LogP contribution in [-0.4, -0.2) is 91.5 Å². The second kappa shape index (κ2) is 14.1. The van der Waals surface area contributed by atoms with Gasteiger partial charge in [-0.05, 0) is 138 Å². The number of nitrogens with zero attached hydrogens (tertiary/aromatic N) is 3. The summed E-state index contributed by atoms with van der Waals surface area (Å²) in [5, 5.41) is 0. The molecular weight excluding hydrogens is 350 g/mol. The van der Waals surface area contributed by atoms with Crippen LogP contribution in [0.2, 0.25) is 19.1 Å². The van der Waals surface area contributed by atoms with Crippen LogP contribution >= 0.6 is 0 Å². The van der Waals surface area contributed by atoms with Crippen LogP contribution in [0.15, 0.2) is 0 Å². The molecule has 0 aliphatic heterocycles. The fourth-order valence-corrected chi connectivity index (χ4v) is 6.15. The van der Waals surface area contributed by atoms with Crippen LogP contribution in [0.3, 0.4) is 0 Å². The third-order valence-electron chi connectivity index (χ3n) is 5.73. The molecule has 0 heterocycles. The van der Waals surface area contributed by atoms with Gasteiger partial charge in [0.15, 0.2) is 8.32 Å². The van der Waals surface area contributed by atoms with Crippen molar-refractivity contribution in [3.63, 3.8) is 0 Å². The maximum Gasteiger partial charge on any atom is 0.186 e. The smallest absolute Gasteiger partial charge is 0.186 e. The minimum absolute atomic E-state index is 0.489. The summed E-state index contributed by atoms with van der Waals surface area (Å²) >= 11 is 0. The molecule has 0 aliphatic rings. The highest BCUT2D eigenvalue weighted by molar-refractivity contribution is 6.71. The average Bonchev–Trinajstić information content (AvgIpc) is 2.52. The van der Waals surface area contributed by atoms with Gasteiger partial charge in [0.05, 0.1) is 0 Å². The molecule has 5 heteroatoms. The molecule has 0 amide bonds. The average molecular weight is 402 g/mol. The van der Waals surface area contributed by atoms with E-state index in [0.717, 1.165) is 6.61 Å². The SMILES string of the molecule is CCO[Si](C)(C)CCC(CCCN(C)C)(CCCN(C)C)CCCN(C)C. The molecule has 0 saturated carbocycles. The molecule has 0 unspecified atom stereocenters. The zero-order valence-electron chi connectivity index (χ0n) is 20.2. The molecular formula is C22H51N3OSi. The first-order valence-corrected chi connectivity index (χ1v) is 14.2. The highest BCUT2D eigenvalue weighted by atomic mass is 28.4. The number of hydrogen-bond acceptors (Lipinski definition) is 4. The first kappa shape index (κ1) is 27.1. The summed E-state index contributed by atoms with van der Waals surface area (Å²) in [6.45, 7) is 11.4. The standard InChI is InChI=1S/C22H51N3OSi/c1-10-26-27(8,9)21-17-22(14-11-18-23(2)3,15-12-19-24(4)5)16-13-20-25(6)7/h10-21H2,1-9H3. The van der Waals surface area contributed by atoms with Gasteiger partial charge in [0.2, 0.25) is 0 Å². The molecule has 0 fully saturated rings. The molecule has 0 rings (SSSR count). The van der Waals surface area contributed by atoms with E-state index in [2.05, 4.69) is 77.0 Å². The molecule has 0 radical (unpaired) electrons. The third kappa shape index (κ3) is 14.7. The summed E-state index contributed by atoms with van der Waals surface area (Å²) in [4.78, 5) is 7.01. The Labute approximate surface area is 172 Å². The number of hydrogen-bond donors (Lipinski definition) is 0. The summed E-state index contributed by atoms with van der Waals surface area (Å²) in [5.41, 5.74) is 0.489. The normalized spacial score (nSPS) is 13.3. The van der Waals surface area contributed by atoms with E-state index in [4.69, 9.17) is 4.43 Å². The van der Waals surface area contributed by atoms with Crippen LogP contribution in [0.25, 0.3) is 0 Å². The van der Waals surface area contributed by atoms with E-state index in [9.17, 15) is 0 Å². The van der Waals surface area contributed by atoms with Crippen molar-refractivity contribution in [3.8, 4) is 0 Å². The molecule has 0 bridgehead atoms. The Morgan fingerprint density at radius 2 is 1.04 bits per heavy atom. The van der Waals surface area contributed by atoms with Gasteiger partial charge in [-0.3, -0.25) is 0 Å². The van der Waals surface area contributed by atoms with E-state index in [1.165, 1.54) is 70.6 Å². The first-order valence-electron chi connectivity index (χ1n) is 11.1. The Balaban J connectivity index is 5.13. The Morgan fingerprint density at radius 3 is 1.33 bits per heavy atom. The molecule has 0 aromatic rings. The second-order valence-corrected chi connectivity index (χ2v) is 14.2. The van der Waals surface area contributed by atoms with Gasteiger partial charge in [-0.2, -0.15) is 0 Å². The Morgan fingerprint density at radius 1 is 0.667 bits per heavy atom. The predicted octanol–water partition coefficient (Wildman–Crippen LogP) is 4.63. The third-order valence-corrected chi connectivity index (χ3v) is 8.25. The van der Waals surface area contributed by atoms with Crippen molar-refractivity contribution in [2.75, 3.05) is 68.5 Å². The lowest BCUT2D eigenvalue weighted by Crippen LogP contribution is -2.34. The second-order valence-electron chi connectivity index (χ2n) is 9.91. The van der Waals surface area contributed by atoms with E-state index in [0.29, 0.717) is 5.41 Å².